The van der Waals surface area contributed by atoms with Crippen LogP contribution in [0.3, 0.4) is 0 Å². The zero-order valence-electron chi connectivity index (χ0n) is 14.7. The largest absolute Gasteiger partial charge is 1.00 e. The molecule has 1 heterocycles. The molecule has 1 atom stereocenters. The third kappa shape index (κ3) is 7.04. The van der Waals surface area contributed by atoms with Crippen molar-refractivity contribution in [3.63, 3.8) is 0 Å². The summed E-state index contributed by atoms with van der Waals surface area (Å²) in [5, 5.41) is 11.0. The summed E-state index contributed by atoms with van der Waals surface area (Å²) in [5.41, 5.74) is 1.59. The number of ether oxygens (including phenoxy) is 3. The molecule has 0 bridgehead atoms. The number of rotatable bonds is 9. The monoisotopic (exact) mass is 353 g/mol. The Morgan fingerprint density at radius 3 is 2.52 bits per heavy atom. The Kier molecular flexibility index (Phi) is 9.52. The van der Waals surface area contributed by atoms with Crippen LogP contribution in [0.25, 0.3) is 0 Å². The van der Waals surface area contributed by atoms with Gasteiger partial charge >= 0.3 is 29.6 Å². The number of hydrogen-bond acceptors (Lipinski definition) is 6. The minimum absolute atomic E-state index is 0. The van der Waals surface area contributed by atoms with Crippen molar-refractivity contribution in [3.8, 4) is 11.5 Å². The van der Waals surface area contributed by atoms with E-state index in [9.17, 15) is 9.90 Å². The Hall–Kier alpha value is -1.60. The van der Waals surface area contributed by atoms with E-state index in [0.717, 1.165) is 17.0 Å². The van der Waals surface area contributed by atoms with Gasteiger partial charge in [0.05, 0.1) is 18.8 Å². The molecule has 0 N–H and O–H groups in total. The Bertz CT molecular complexity index is 663. The van der Waals surface area contributed by atoms with Crippen molar-refractivity contribution in [2.45, 2.75) is 26.1 Å². The molecule has 0 aliphatic rings. The van der Waals surface area contributed by atoms with Gasteiger partial charge in [-0.05, 0) is 30.7 Å². The van der Waals surface area contributed by atoms with Gasteiger partial charge in [0.15, 0.2) is 0 Å². The molecule has 0 saturated heterocycles. The first-order chi connectivity index (χ1) is 11.6. The molecule has 0 aliphatic carbocycles. The van der Waals surface area contributed by atoms with Crippen LogP contribution in [-0.2, 0) is 22.6 Å². The van der Waals surface area contributed by atoms with Gasteiger partial charge in [0.25, 0.3) is 0 Å². The van der Waals surface area contributed by atoms with Gasteiger partial charge < -0.3 is 24.1 Å². The molecule has 0 fully saturated rings. The molecule has 0 radical (unpaired) electrons. The van der Waals surface area contributed by atoms with E-state index < -0.39 is 12.1 Å². The minimum atomic E-state index is -1.21. The zero-order valence-corrected chi connectivity index (χ0v) is 16.7. The molecule has 7 heteroatoms. The average molecular weight is 353 g/mol. The van der Waals surface area contributed by atoms with Gasteiger partial charge in [-0.1, -0.05) is 12.1 Å². The molecular formula is C18H20NNaO5. The molecule has 1 aromatic carbocycles. The molecule has 0 saturated carbocycles. The first-order valence-electron chi connectivity index (χ1n) is 7.65. The van der Waals surface area contributed by atoms with Crippen LogP contribution in [0.15, 0.2) is 42.6 Å². The number of carbonyl (C=O) groups excluding carboxylic acids is 1. The zero-order chi connectivity index (χ0) is 17.4. The topological polar surface area (TPSA) is 80.7 Å². The van der Waals surface area contributed by atoms with E-state index in [1.807, 2.05) is 12.1 Å². The maximum absolute atomic E-state index is 11.0. The summed E-state index contributed by atoms with van der Waals surface area (Å²) in [6.45, 7) is 2.39. The van der Waals surface area contributed by atoms with Gasteiger partial charge in [-0.15, -0.1) is 0 Å². The summed E-state index contributed by atoms with van der Waals surface area (Å²) >= 11 is 0. The summed E-state index contributed by atoms with van der Waals surface area (Å²) < 4.78 is 16.0. The molecule has 0 spiro atoms. The number of aromatic nitrogens is 1. The van der Waals surface area contributed by atoms with Crippen molar-refractivity contribution in [2.24, 2.45) is 0 Å². The Morgan fingerprint density at radius 1 is 1.20 bits per heavy atom. The number of hydrogen-bond donors (Lipinski definition) is 0. The number of carboxylic acid groups (broad SMARTS) is 1. The fourth-order valence-corrected chi connectivity index (χ4v) is 2.17. The number of pyridine rings is 1. The second-order valence-electron chi connectivity index (χ2n) is 5.09. The van der Waals surface area contributed by atoms with Gasteiger partial charge in [-0.2, -0.15) is 0 Å². The summed E-state index contributed by atoms with van der Waals surface area (Å²) in [7, 11) is 1.60. The van der Waals surface area contributed by atoms with E-state index in [-0.39, 0.29) is 36.0 Å². The van der Waals surface area contributed by atoms with Crippen molar-refractivity contribution in [1.29, 1.82) is 0 Å². The van der Waals surface area contributed by atoms with Crippen LogP contribution in [0.1, 0.15) is 18.2 Å². The van der Waals surface area contributed by atoms with Gasteiger partial charge in [0, 0.05) is 25.3 Å². The summed E-state index contributed by atoms with van der Waals surface area (Å²) in [6, 6.07) is 10.8. The van der Waals surface area contributed by atoms with Crippen LogP contribution in [0.4, 0.5) is 0 Å². The van der Waals surface area contributed by atoms with Crippen molar-refractivity contribution < 1.29 is 53.7 Å². The molecule has 2 aromatic rings. The second-order valence-corrected chi connectivity index (χ2v) is 5.09. The van der Waals surface area contributed by atoms with E-state index >= 15 is 0 Å². The molecule has 6 nitrogen and oxygen atoms in total. The normalized spacial score (nSPS) is 11.3. The molecule has 0 unspecified atom stereocenters. The van der Waals surface area contributed by atoms with Crippen LogP contribution in [0.5, 0.6) is 11.5 Å². The standard InChI is InChI=1S/C18H21NO5.Na/c1-3-23-17(18(20)21)10-13-4-6-15(7-5-13)24-12-14-11-16(22-2)8-9-19-14;/h4-9,11,17H,3,10,12H2,1-2H3,(H,20,21);/q;+1/p-1/t17-;/m0./s1. The number of carbonyl (C=O) groups is 1. The number of benzene rings is 1. The first-order valence-corrected chi connectivity index (χ1v) is 7.65. The maximum Gasteiger partial charge on any atom is 1.00 e. The van der Waals surface area contributed by atoms with E-state index in [2.05, 4.69) is 4.98 Å². The Balaban J connectivity index is 0.00000312. The molecule has 0 amide bonds. The summed E-state index contributed by atoms with van der Waals surface area (Å²) in [4.78, 5) is 15.2. The average Bonchev–Trinajstić information content (AvgIpc) is 2.61. The molecule has 0 aliphatic heterocycles. The van der Waals surface area contributed by atoms with Crippen LogP contribution in [0.2, 0.25) is 0 Å². The first kappa shape index (κ1) is 21.4. The van der Waals surface area contributed by atoms with Gasteiger partial charge in [-0.3, -0.25) is 4.98 Å². The van der Waals surface area contributed by atoms with Crippen molar-refractivity contribution in [1.82, 2.24) is 4.98 Å². The number of methoxy groups -OCH3 is 1. The van der Waals surface area contributed by atoms with E-state index in [1.165, 1.54) is 0 Å². The predicted molar refractivity (Wildman–Crippen MR) is 85.7 cm³/mol. The van der Waals surface area contributed by atoms with E-state index in [0.29, 0.717) is 19.0 Å². The quantitative estimate of drug-likeness (QED) is 0.504. The molecule has 1 aromatic heterocycles. The van der Waals surface area contributed by atoms with Crippen molar-refractivity contribution >= 4 is 5.97 Å². The van der Waals surface area contributed by atoms with Gasteiger partial charge in [0.1, 0.15) is 24.2 Å². The smallest absolute Gasteiger partial charge is 0.547 e. The SMILES string of the molecule is CCO[C@@H](Cc1ccc(OCc2cc(OC)ccn2)cc1)C(=O)[O-].[Na+]. The van der Waals surface area contributed by atoms with Crippen LogP contribution < -0.4 is 44.1 Å². The molecule has 128 valence electrons. The second kappa shape index (κ2) is 11.1. The van der Waals surface area contributed by atoms with Gasteiger partial charge in [-0.25, -0.2) is 0 Å². The fraction of sp³-hybridized carbons (Fsp3) is 0.333. The number of aliphatic carboxylic acids is 1. The van der Waals surface area contributed by atoms with Crippen LogP contribution in [-0.4, -0.2) is 30.8 Å². The van der Waals surface area contributed by atoms with Crippen molar-refractivity contribution in [3.05, 3.63) is 53.9 Å². The van der Waals surface area contributed by atoms with Gasteiger partial charge in [0.2, 0.25) is 0 Å². The maximum atomic E-state index is 11.0. The fourth-order valence-electron chi connectivity index (χ4n) is 2.17. The van der Waals surface area contributed by atoms with Crippen LogP contribution in [0, 0.1) is 0 Å². The summed E-state index contributed by atoms with van der Waals surface area (Å²) in [5.74, 6) is 0.189. The molecule has 25 heavy (non-hydrogen) atoms. The third-order valence-corrected chi connectivity index (χ3v) is 3.39. The van der Waals surface area contributed by atoms with E-state index in [1.54, 1.807) is 44.5 Å². The third-order valence-electron chi connectivity index (χ3n) is 3.39. The molecule has 2 rings (SSSR count). The van der Waals surface area contributed by atoms with Crippen molar-refractivity contribution in [2.75, 3.05) is 13.7 Å². The number of nitrogens with zero attached hydrogens (tertiary/aromatic N) is 1. The van der Waals surface area contributed by atoms with E-state index in [4.69, 9.17) is 14.2 Å². The Labute approximate surface area is 169 Å². The van der Waals surface area contributed by atoms with Crippen LogP contribution >= 0.6 is 0 Å². The molecular weight excluding hydrogens is 333 g/mol. The minimum Gasteiger partial charge on any atom is -0.547 e. The number of carboxylic acids is 1. The summed E-state index contributed by atoms with van der Waals surface area (Å²) in [6.07, 6.45) is 0.977. The Morgan fingerprint density at radius 2 is 1.92 bits per heavy atom. The predicted octanol–water partition coefficient (Wildman–Crippen LogP) is -1.63.